The minimum Gasteiger partial charge on any atom is -0.379 e. The zero-order chi connectivity index (χ0) is 22.8. The Bertz CT molecular complexity index is 868. The summed E-state index contributed by atoms with van der Waals surface area (Å²) in [6.07, 6.45) is 0. The molecule has 33 heavy (non-hydrogen) atoms. The maximum Gasteiger partial charge on any atom is 0.253 e. The third kappa shape index (κ3) is 8.28. The summed E-state index contributed by atoms with van der Waals surface area (Å²) >= 11 is 0. The Hall–Kier alpha value is -2.17. The third-order valence-electron chi connectivity index (χ3n) is 5.50. The molecule has 1 aliphatic heterocycles. The maximum absolute atomic E-state index is 12.1. The number of guanidine groups is 1. The van der Waals surface area contributed by atoms with Crippen molar-refractivity contribution in [3.63, 3.8) is 0 Å². The van der Waals surface area contributed by atoms with Crippen LogP contribution < -0.4 is 10.6 Å². The SMILES string of the molecule is CCNC(=NCc1ccc(C(=O)N(C)C)cc1)NCC(c1ccccc1)N1CCOCC1.I. The molecular weight excluding hydrogens is 529 g/mol. The maximum atomic E-state index is 12.1. The van der Waals surface area contributed by atoms with Crippen LogP contribution in [-0.2, 0) is 11.3 Å². The summed E-state index contributed by atoms with van der Waals surface area (Å²) in [7, 11) is 3.52. The van der Waals surface area contributed by atoms with Gasteiger partial charge < -0.3 is 20.3 Å². The van der Waals surface area contributed by atoms with E-state index in [1.165, 1.54) is 5.56 Å². The summed E-state index contributed by atoms with van der Waals surface area (Å²) in [6.45, 7) is 7.53. The molecule has 0 aromatic heterocycles. The molecule has 0 radical (unpaired) electrons. The van der Waals surface area contributed by atoms with Crippen molar-refractivity contribution in [3.05, 3.63) is 71.3 Å². The summed E-state index contributed by atoms with van der Waals surface area (Å²) in [5, 5.41) is 6.87. The molecule has 2 aromatic rings. The Labute approximate surface area is 214 Å². The first kappa shape index (κ1) is 27.1. The van der Waals surface area contributed by atoms with Gasteiger partial charge in [-0.15, -0.1) is 24.0 Å². The number of rotatable bonds is 8. The van der Waals surface area contributed by atoms with Gasteiger partial charge in [-0.1, -0.05) is 42.5 Å². The molecule has 8 heteroatoms. The standard InChI is InChI=1S/C25H35N5O2.HI/c1-4-26-25(27-18-20-10-12-22(13-11-20)24(31)29(2)3)28-19-23(21-8-6-5-7-9-21)30-14-16-32-17-15-30;/h5-13,23H,4,14-19H2,1-3H3,(H2,26,27,28);1H. The largest absolute Gasteiger partial charge is 0.379 e. The number of halogens is 1. The van der Waals surface area contributed by atoms with E-state index in [2.05, 4.69) is 52.8 Å². The molecule has 0 aliphatic carbocycles. The lowest BCUT2D eigenvalue weighted by molar-refractivity contribution is 0.0170. The molecule has 3 rings (SSSR count). The van der Waals surface area contributed by atoms with Gasteiger partial charge >= 0.3 is 0 Å². The number of amides is 1. The number of hydrogen-bond acceptors (Lipinski definition) is 4. The van der Waals surface area contributed by atoms with Gasteiger partial charge in [0.15, 0.2) is 5.96 Å². The number of benzene rings is 2. The first-order valence-electron chi connectivity index (χ1n) is 11.3. The van der Waals surface area contributed by atoms with E-state index < -0.39 is 0 Å². The lowest BCUT2D eigenvalue weighted by Crippen LogP contribution is -2.46. The Kier molecular flexibility index (Phi) is 11.6. The Morgan fingerprint density at radius 3 is 2.33 bits per heavy atom. The fraction of sp³-hybridized carbons (Fsp3) is 0.440. The zero-order valence-corrected chi connectivity index (χ0v) is 22.1. The van der Waals surface area contributed by atoms with Gasteiger partial charge in [0.05, 0.1) is 25.8 Å². The first-order valence-corrected chi connectivity index (χ1v) is 11.3. The van der Waals surface area contributed by atoms with Crippen LogP contribution in [0.4, 0.5) is 0 Å². The van der Waals surface area contributed by atoms with Gasteiger partial charge in [-0.05, 0) is 30.2 Å². The number of nitrogens with zero attached hydrogens (tertiary/aromatic N) is 3. The predicted molar refractivity (Wildman–Crippen MR) is 144 cm³/mol. The fourth-order valence-corrected chi connectivity index (χ4v) is 3.74. The second-order valence-corrected chi connectivity index (χ2v) is 8.05. The first-order chi connectivity index (χ1) is 15.6. The van der Waals surface area contributed by atoms with Crippen LogP contribution in [0.3, 0.4) is 0 Å². The highest BCUT2D eigenvalue weighted by Crippen LogP contribution is 2.21. The summed E-state index contributed by atoms with van der Waals surface area (Å²) in [5.74, 6) is 0.792. The number of carbonyl (C=O) groups excluding carboxylic acids is 1. The van der Waals surface area contributed by atoms with Gasteiger partial charge in [-0.3, -0.25) is 9.69 Å². The molecule has 180 valence electrons. The van der Waals surface area contributed by atoms with Crippen LogP contribution in [0.5, 0.6) is 0 Å². The second kappa shape index (κ2) is 14.2. The highest BCUT2D eigenvalue weighted by molar-refractivity contribution is 14.0. The Morgan fingerprint density at radius 2 is 1.73 bits per heavy atom. The monoisotopic (exact) mass is 565 g/mol. The number of morpholine rings is 1. The molecule has 2 N–H and O–H groups in total. The van der Waals surface area contributed by atoms with E-state index in [1.54, 1.807) is 19.0 Å². The van der Waals surface area contributed by atoms with Gasteiger partial charge in [-0.2, -0.15) is 0 Å². The topological polar surface area (TPSA) is 69.2 Å². The van der Waals surface area contributed by atoms with E-state index in [9.17, 15) is 4.79 Å². The van der Waals surface area contributed by atoms with Crippen molar-refractivity contribution in [3.8, 4) is 0 Å². The molecule has 1 amide bonds. The van der Waals surface area contributed by atoms with Crippen LogP contribution in [0, 0.1) is 0 Å². The molecule has 1 fully saturated rings. The van der Waals surface area contributed by atoms with Crippen molar-refractivity contribution in [2.75, 3.05) is 53.5 Å². The molecule has 1 unspecified atom stereocenters. The van der Waals surface area contributed by atoms with Gasteiger partial charge in [0.1, 0.15) is 0 Å². The summed E-state index contributed by atoms with van der Waals surface area (Å²) < 4.78 is 5.55. The van der Waals surface area contributed by atoms with E-state index in [-0.39, 0.29) is 35.9 Å². The molecule has 0 bridgehead atoms. The molecule has 7 nitrogen and oxygen atoms in total. The van der Waals surface area contributed by atoms with Crippen LogP contribution in [0.1, 0.15) is 34.5 Å². The van der Waals surface area contributed by atoms with E-state index in [0.29, 0.717) is 12.1 Å². The van der Waals surface area contributed by atoms with Crippen molar-refractivity contribution in [1.82, 2.24) is 20.4 Å². The highest BCUT2D eigenvalue weighted by Gasteiger charge is 2.22. The smallest absolute Gasteiger partial charge is 0.253 e. The minimum atomic E-state index is 0. The molecule has 1 aliphatic rings. The molecule has 1 atom stereocenters. The molecule has 0 spiro atoms. The number of nitrogens with one attached hydrogen (secondary N) is 2. The van der Waals surface area contributed by atoms with E-state index in [0.717, 1.165) is 50.9 Å². The summed E-state index contributed by atoms with van der Waals surface area (Å²) in [6, 6.07) is 18.5. The van der Waals surface area contributed by atoms with Crippen LogP contribution in [0.25, 0.3) is 0 Å². The van der Waals surface area contributed by atoms with Crippen LogP contribution >= 0.6 is 24.0 Å². The quantitative estimate of drug-likeness (QED) is 0.293. The number of ether oxygens (including phenoxy) is 1. The average Bonchev–Trinajstić information content (AvgIpc) is 2.83. The molecule has 1 saturated heterocycles. The van der Waals surface area contributed by atoms with Gasteiger partial charge in [0.2, 0.25) is 0 Å². The van der Waals surface area contributed by atoms with Gasteiger partial charge in [0, 0.05) is 45.8 Å². The molecule has 2 aromatic carbocycles. The highest BCUT2D eigenvalue weighted by atomic mass is 127. The molecule has 1 heterocycles. The van der Waals surface area contributed by atoms with Gasteiger partial charge in [-0.25, -0.2) is 4.99 Å². The molecule has 0 saturated carbocycles. The van der Waals surface area contributed by atoms with Crippen molar-refractivity contribution in [2.24, 2.45) is 4.99 Å². The number of aliphatic imine (C=N–C) groups is 1. The van der Waals surface area contributed by atoms with Crippen LogP contribution in [0.2, 0.25) is 0 Å². The Morgan fingerprint density at radius 1 is 1.06 bits per heavy atom. The van der Waals surface area contributed by atoms with E-state index in [4.69, 9.17) is 9.73 Å². The normalized spacial score (nSPS) is 15.3. The van der Waals surface area contributed by atoms with Crippen molar-refractivity contribution >= 4 is 35.8 Å². The zero-order valence-electron chi connectivity index (χ0n) is 19.8. The number of hydrogen-bond donors (Lipinski definition) is 2. The van der Waals surface area contributed by atoms with Crippen LogP contribution in [-0.4, -0.2) is 75.2 Å². The van der Waals surface area contributed by atoms with Gasteiger partial charge in [0.25, 0.3) is 5.91 Å². The van der Waals surface area contributed by atoms with Crippen molar-refractivity contribution < 1.29 is 9.53 Å². The third-order valence-corrected chi connectivity index (χ3v) is 5.50. The van der Waals surface area contributed by atoms with E-state index >= 15 is 0 Å². The van der Waals surface area contributed by atoms with E-state index in [1.807, 2.05) is 24.3 Å². The minimum absolute atomic E-state index is 0. The lowest BCUT2D eigenvalue weighted by atomic mass is 10.0. The lowest BCUT2D eigenvalue weighted by Gasteiger charge is -2.35. The van der Waals surface area contributed by atoms with Crippen molar-refractivity contribution in [1.29, 1.82) is 0 Å². The fourth-order valence-electron chi connectivity index (χ4n) is 3.74. The van der Waals surface area contributed by atoms with Crippen molar-refractivity contribution in [2.45, 2.75) is 19.5 Å². The summed E-state index contributed by atoms with van der Waals surface area (Å²) in [5.41, 5.74) is 3.04. The summed E-state index contributed by atoms with van der Waals surface area (Å²) in [4.78, 5) is 20.9. The second-order valence-electron chi connectivity index (χ2n) is 8.05. The predicted octanol–water partition coefficient (Wildman–Crippen LogP) is 3.14. The molecular formula is C25H36IN5O2. The Balaban J connectivity index is 0.00000385. The number of carbonyl (C=O) groups is 1. The average molecular weight is 566 g/mol. The van der Waals surface area contributed by atoms with Crippen LogP contribution in [0.15, 0.2) is 59.6 Å².